The molecule has 4 heteroatoms. The van der Waals surface area contributed by atoms with Crippen molar-refractivity contribution in [2.24, 2.45) is 0 Å². The third-order valence-electron chi connectivity index (χ3n) is 1.37. The molecule has 0 aromatic carbocycles. The topological polar surface area (TPSA) is 51.8 Å². The first-order valence-electron chi connectivity index (χ1n) is 2.91. The van der Waals surface area contributed by atoms with E-state index in [9.17, 15) is 0 Å². The first kappa shape index (κ1) is 5.34. The van der Waals surface area contributed by atoms with Crippen molar-refractivity contribution in [2.75, 3.05) is 0 Å². The predicted molar refractivity (Wildman–Crippen MR) is 33.5 cm³/mol. The lowest BCUT2D eigenvalue weighted by Crippen LogP contribution is -1.84. The normalized spacial score (nSPS) is 10.5. The van der Waals surface area contributed by atoms with E-state index in [0.29, 0.717) is 0 Å². The summed E-state index contributed by atoms with van der Waals surface area (Å²) >= 11 is 0. The fraction of sp³-hybridized carbons (Fsp3) is 0.167. The highest BCUT2D eigenvalue weighted by atomic mass is 16.6. The molecule has 0 aliphatic carbocycles. The number of aromatic nitrogens is 3. The number of fused-ring (bicyclic) bond motifs is 1. The maximum atomic E-state index is 4.49. The number of nitrogens with zero attached hydrogens (tertiary/aromatic N) is 3. The van der Waals surface area contributed by atoms with E-state index in [-0.39, 0.29) is 0 Å². The average molecular weight is 135 g/mol. The maximum Gasteiger partial charge on any atom is 0.137 e. The van der Waals surface area contributed by atoms with E-state index in [2.05, 4.69) is 19.9 Å². The minimum Gasteiger partial charge on any atom is -0.252 e. The molecule has 0 fully saturated rings. The Bertz CT molecular complexity index is 317. The van der Waals surface area contributed by atoms with Crippen molar-refractivity contribution in [2.45, 2.75) is 6.92 Å². The summed E-state index contributed by atoms with van der Waals surface area (Å²) in [6.45, 7) is 1.93. The Labute approximate surface area is 57.2 Å². The summed E-state index contributed by atoms with van der Waals surface area (Å²) in [6.07, 6.45) is 3.30. The lowest BCUT2D eigenvalue weighted by molar-refractivity contribution is 0.284. The summed E-state index contributed by atoms with van der Waals surface area (Å²) in [5, 5.41) is 7.17. The Kier molecular flexibility index (Phi) is 0.943. The van der Waals surface area contributed by atoms with Crippen LogP contribution in [0.25, 0.3) is 11.4 Å². The zero-order valence-electron chi connectivity index (χ0n) is 5.40. The smallest absolute Gasteiger partial charge is 0.137 e. The van der Waals surface area contributed by atoms with Crippen LogP contribution < -0.4 is 0 Å². The summed E-state index contributed by atoms with van der Waals surface area (Å²) in [6, 6.07) is 0. The van der Waals surface area contributed by atoms with E-state index >= 15 is 0 Å². The molecule has 2 rings (SSSR count). The molecule has 10 heavy (non-hydrogen) atoms. The minimum absolute atomic E-state index is 0.781. The molecular weight excluding hydrogens is 130 g/mol. The molecule has 0 unspecified atom stereocenters. The fourth-order valence-electron chi connectivity index (χ4n) is 0.842. The van der Waals surface area contributed by atoms with Gasteiger partial charge in [-0.1, -0.05) is 5.16 Å². The van der Waals surface area contributed by atoms with E-state index in [1.54, 1.807) is 12.4 Å². The molecule has 0 atom stereocenters. The molecule has 50 valence electrons. The molecule has 0 amide bonds. The van der Waals surface area contributed by atoms with Crippen LogP contribution in [0.4, 0.5) is 0 Å². The van der Waals surface area contributed by atoms with Gasteiger partial charge in [-0.3, -0.25) is 4.98 Å². The standard InChI is InChI=1S/C6H5N3O/c1-4-2-7-5-3-8-10-9-6(4)5/h2-3H,1H3. The highest BCUT2D eigenvalue weighted by Crippen LogP contribution is 2.18. The van der Waals surface area contributed by atoms with Crippen LogP contribution in [-0.4, -0.2) is 15.3 Å². The molecule has 0 aromatic heterocycles. The van der Waals surface area contributed by atoms with Gasteiger partial charge in [0.05, 0.1) is 6.20 Å². The Hall–Kier alpha value is -1.45. The molecule has 0 N–H and O–H groups in total. The maximum absolute atomic E-state index is 4.49. The van der Waals surface area contributed by atoms with E-state index < -0.39 is 0 Å². The van der Waals surface area contributed by atoms with Crippen LogP contribution >= 0.6 is 0 Å². The number of rotatable bonds is 0. The van der Waals surface area contributed by atoms with Gasteiger partial charge < -0.3 is 0 Å². The average Bonchev–Trinajstić information content (AvgIpc) is 2.34. The van der Waals surface area contributed by atoms with Crippen molar-refractivity contribution in [1.82, 2.24) is 15.3 Å². The van der Waals surface area contributed by atoms with E-state index in [0.717, 1.165) is 17.0 Å². The summed E-state index contributed by atoms with van der Waals surface area (Å²) in [4.78, 5) is 4.03. The highest BCUT2D eigenvalue weighted by Gasteiger charge is 2.09. The number of hydrogen-bond acceptors (Lipinski definition) is 4. The SMILES string of the molecule is Cc1cnc2cnonc1-2. The minimum atomic E-state index is 0.781. The van der Waals surface area contributed by atoms with Gasteiger partial charge in [0.15, 0.2) is 0 Å². The molecule has 4 nitrogen and oxygen atoms in total. The predicted octanol–water partition coefficient (Wildman–Crippen LogP) is 0.878. The zero-order chi connectivity index (χ0) is 6.97. The summed E-state index contributed by atoms with van der Waals surface area (Å²) in [7, 11) is 0. The Morgan fingerprint density at radius 3 is 3.10 bits per heavy atom. The largest absolute Gasteiger partial charge is 0.252 e. The van der Waals surface area contributed by atoms with Crippen molar-refractivity contribution in [1.29, 1.82) is 0 Å². The van der Waals surface area contributed by atoms with Crippen molar-refractivity contribution < 1.29 is 4.63 Å². The van der Waals surface area contributed by atoms with E-state index in [1.165, 1.54) is 0 Å². The van der Waals surface area contributed by atoms with Gasteiger partial charge in [0.25, 0.3) is 0 Å². The van der Waals surface area contributed by atoms with Gasteiger partial charge in [-0.25, -0.2) is 4.63 Å². The monoisotopic (exact) mass is 135 g/mol. The van der Waals surface area contributed by atoms with Gasteiger partial charge in [0, 0.05) is 6.20 Å². The van der Waals surface area contributed by atoms with Crippen LogP contribution in [-0.2, 0) is 0 Å². The van der Waals surface area contributed by atoms with E-state index in [4.69, 9.17) is 0 Å². The van der Waals surface area contributed by atoms with Crippen LogP contribution in [0.1, 0.15) is 5.56 Å². The lowest BCUT2D eigenvalue weighted by atomic mass is 10.2. The van der Waals surface area contributed by atoms with Crippen molar-refractivity contribution in [3.8, 4) is 11.4 Å². The summed E-state index contributed by atoms with van der Waals surface area (Å²) in [5.41, 5.74) is 2.58. The molecule has 0 bridgehead atoms. The second-order valence-electron chi connectivity index (χ2n) is 2.08. The molecule has 0 saturated heterocycles. The number of aryl methyl sites for hydroxylation is 1. The molecule has 2 aliphatic rings. The first-order valence-corrected chi connectivity index (χ1v) is 2.91. The molecule has 0 spiro atoms. The number of hydrogen-bond donors (Lipinski definition) is 0. The molecule has 2 aliphatic heterocycles. The quantitative estimate of drug-likeness (QED) is 0.538. The molecule has 2 heterocycles. The first-order chi connectivity index (χ1) is 4.88. The van der Waals surface area contributed by atoms with Gasteiger partial charge in [-0.2, -0.15) is 0 Å². The van der Waals surface area contributed by atoms with Gasteiger partial charge in [0.1, 0.15) is 11.4 Å². The summed E-state index contributed by atoms with van der Waals surface area (Å²) in [5.74, 6) is 0. The third-order valence-corrected chi connectivity index (χ3v) is 1.37. The highest BCUT2D eigenvalue weighted by molar-refractivity contribution is 5.58. The van der Waals surface area contributed by atoms with Crippen molar-refractivity contribution in [3.05, 3.63) is 18.0 Å². The molecule has 0 aromatic rings. The van der Waals surface area contributed by atoms with Crippen LogP contribution in [0.5, 0.6) is 0 Å². The Morgan fingerprint density at radius 2 is 2.30 bits per heavy atom. The molecule has 0 saturated carbocycles. The van der Waals surface area contributed by atoms with Crippen LogP contribution in [0.3, 0.4) is 0 Å². The lowest BCUT2D eigenvalue weighted by Gasteiger charge is -1.89. The second-order valence-corrected chi connectivity index (χ2v) is 2.08. The molecular formula is C6H5N3O. The fourth-order valence-corrected chi connectivity index (χ4v) is 0.842. The Morgan fingerprint density at radius 1 is 1.40 bits per heavy atom. The van der Waals surface area contributed by atoms with Gasteiger partial charge in [0.2, 0.25) is 0 Å². The summed E-state index contributed by atoms with van der Waals surface area (Å²) < 4.78 is 4.49. The zero-order valence-corrected chi connectivity index (χ0v) is 5.40. The van der Waals surface area contributed by atoms with Gasteiger partial charge in [-0.15, -0.1) is 0 Å². The van der Waals surface area contributed by atoms with Crippen LogP contribution in [0, 0.1) is 6.92 Å². The molecule has 0 radical (unpaired) electrons. The second kappa shape index (κ2) is 1.76. The van der Waals surface area contributed by atoms with Gasteiger partial charge in [-0.05, 0) is 17.6 Å². The van der Waals surface area contributed by atoms with E-state index in [1.807, 2.05) is 6.92 Å². The van der Waals surface area contributed by atoms with Crippen molar-refractivity contribution >= 4 is 0 Å². The van der Waals surface area contributed by atoms with Crippen LogP contribution in [0.2, 0.25) is 0 Å². The van der Waals surface area contributed by atoms with Crippen LogP contribution in [0.15, 0.2) is 17.0 Å². The third kappa shape index (κ3) is 0.586. The van der Waals surface area contributed by atoms with Crippen molar-refractivity contribution in [3.63, 3.8) is 0 Å². The van der Waals surface area contributed by atoms with Gasteiger partial charge >= 0.3 is 0 Å². The Balaban J connectivity index is 2.78.